The van der Waals surface area contributed by atoms with Gasteiger partial charge in [-0.25, -0.2) is 0 Å². The van der Waals surface area contributed by atoms with Gasteiger partial charge in [0, 0.05) is 18.1 Å². The van der Waals surface area contributed by atoms with Crippen LogP contribution in [0.15, 0.2) is 12.2 Å². The normalized spacial score (nSPS) is 26.9. The highest BCUT2D eigenvalue weighted by Crippen LogP contribution is 2.29. The van der Waals surface area contributed by atoms with Crippen LogP contribution in [0.1, 0.15) is 44.9 Å². The van der Waals surface area contributed by atoms with Gasteiger partial charge in [0.2, 0.25) is 0 Å². The van der Waals surface area contributed by atoms with Gasteiger partial charge in [-0.1, -0.05) is 31.4 Å². The molecule has 0 unspecified atom stereocenters. The molecule has 1 fully saturated rings. The zero-order chi connectivity index (χ0) is 9.86. The van der Waals surface area contributed by atoms with Crippen molar-refractivity contribution in [1.29, 1.82) is 0 Å². The lowest BCUT2D eigenvalue weighted by atomic mass is 9.81. The Morgan fingerprint density at radius 3 is 2.36 bits per heavy atom. The van der Waals surface area contributed by atoms with Crippen molar-refractivity contribution in [3.05, 3.63) is 12.2 Å². The van der Waals surface area contributed by atoms with Crippen LogP contribution in [0.4, 0.5) is 0 Å². The predicted molar refractivity (Wildman–Crippen MR) is 60.2 cm³/mol. The largest absolute Gasteiger partial charge is 0.329 e. The molecule has 80 valence electrons. The maximum absolute atomic E-state index is 5.93. The minimum Gasteiger partial charge on any atom is -0.329 e. The Morgan fingerprint density at radius 1 is 1.14 bits per heavy atom. The summed E-state index contributed by atoms with van der Waals surface area (Å²) in [5.74, 6) is 0. The average molecular weight is 194 g/mol. The maximum atomic E-state index is 5.93. The van der Waals surface area contributed by atoms with Gasteiger partial charge in [-0.2, -0.15) is 0 Å². The van der Waals surface area contributed by atoms with E-state index in [9.17, 15) is 0 Å². The first-order valence-corrected chi connectivity index (χ1v) is 5.97. The second-order valence-corrected chi connectivity index (χ2v) is 4.83. The van der Waals surface area contributed by atoms with Crippen molar-refractivity contribution in [1.82, 2.24) is 5.32 Å². The SMILES string of the molecule is NCC1(NC2CC=CC2)CCCCC1. The molecule has 2 nitrogen and oxygen atoms in total. The van der Waals surface area contributed by atoms with Crippen LogP contribution < -0.4 is 11.1 Å². The summed E-state index contributed by atoms with van der Waals surface area (Å²) in [6.45, 7) is 0.809. The topological polar surface area (TPSA) is 38.0 Å². The van der Waals surface area contributed by atoms with E-state index in [4.69, 9.17) is 5.73 Å². The van der Waals surface area contributed by atoms with Crippen LogP contribution in [-0.2, 0) is 0 Å². The lowest BCUT2D eigenvalue weighted by molar-refractivity contribution is 0.216. The molecule has 0 spiro atoms. The summed E-state index contributed by atoms with van der Waals surface area (Å²) in [6.07, 6.45) is 13.6. The highest BCUT2D eigenvalue weighted by Gasteiger charge is 2.32. The van der Waals surface area contributed by atoms with Gasteiger partial charge < -0.3 is 11.1 Å². The van der Waals surface area contributed by atoms with E-state index in [2.05, 4.69) is 17.5 Å². The van der Waals surface area contributed by atoms with Gasteiger partial charge in [-0.05, 0) is 25.7 Å². The highest BCUT2D eigenvalue weighted by molar-refractivity contribution is 5.02. The van der Waals surface area contributed by atoms with Crippen LogP contribution in [0.3, 0.4) is 0 Å². The van der Waals surface area contributed by atoms with Crippen LogP contribution >= 0.6 is 0 Å². The molecule has 0 aromatic heterocycles. The molecule has 0 aliphatic heterocycles. The Morgan fingerprint density at radius 2 is 1.79 bits per heavy atom. The molecule has 2 aliphatic carbocycles. The minimum atomic E-state index is 0.273. The third kappa shape index (κ3) is 2.18. The molecular formula is C12H22N2. The summed E-state index contributed by atoms with van der Waals surface area (Å²) in [5.41, 5.74) is 6.21. The van der Waals surface area contributed by atoms with Crippen molar-refractivity contribution in [3.63, 3.8) is 0 Å². The smallest absolute Gasteiger partial charge is 0.0306 e. The fourth-order valence-electron chi connectivity index (χ4n) is 2.80. The van der Waals surface area contributed by atoms with Gasteiger partial charge in [0.05, 0.1) is 0 Å². The van der Waals surface area contributed by atoms with Gasteiger partial charge in [-0.15, -0.1) is 0 Å². The Hall–Kier alpha value is -0.340. The van der Waals surface area contributed by atoms with Crippen LogP contribution in [0.5, 0.6) is 0 Å². The van der Waals surface area contributed by atoms with E-state index in [1.54, 1.807) is 0 Å². The third-order valence-electron chi connectivity index (χ3n) is 3.72. The van der Waals surface area contributed by atoms with Crippen molar-refractivity contribution < 1.29 is 0 Å². The number of hydrogen-bond donors (Lipinski definition) is 2. The molecule has 2 aliphatic rings. The zero-order valence-electron chi connectivity index (χ0n) is 8.97. The predicted octanol–water partition coefficient (Wildman–Crippen LogP) is 1.96. The summed E-state index contributed by atoms with van der Waals surface area (Å²) in [4.78, 5) is 0. The Bertz CT molecular complexity index is 196. The van der Waals surface area contributed by atoms with E-state index in [1.807, 2.05) is 0 Å². The Kier molecular flexibility index (Phi) is 3.24. The molecule has 1 saturated carbocycles. The van der Waals surface area contributed by atoms with Crippen LogP contribution in [-0.4, -0.2) is 18.1 Å². The molecule has 2 rings (SSSR count). The molecule has 0 aromatic rings. The number of nitrogens with two attached hydrogens (primary N) is 1. The van der Waals surface area contributed by atoms with Crippen molar-refractivity contribution in [2.75, 3.05) is 6.54 Å². The van der Waals surface area contributed by atoms with Crippen molar-refractivity contribution in [2.24, 2.45) is 5.73 Å². The lowest BCUT2D eigenvalue weighted by Crippen LogP contribution is -2.55. The summed E-state index contributed by atoms with van der Waals surface area (Å²) in [7, 11) is 0. The molecule has 0 aromatic carbocycles. The first-order chi connectivity index (χ1) is 6.85. The van der Waals surface area contributed by atoms with E-state index in [0.717, 1.165) is 6.54 Å². The summed E-state index contributed by atoms with van der Waals surface area (Å²) >= 11 is 0. The fraction of sp³-hybridized carbons (Fsp3) is 0.833. The van der Waals surface area contributed by atoms with Crippen LogP contribution in [0.2, 0.25) is 0 Å². The van der Waals surface area contributed by atoms with E-state index in [-0.39, 0.29) is 5.54 Å². The van der Waals surface area contributed by atoms with Crippen LogP contribution in [0, 0.1) is 0 Å². The number of rotatable bonds is 3. The molecule has 0 heterocycles. The molecule has 3 N–H and O–H groups in total. The van der Waals surface area contributed by atoms with Crippen molar-refractivity contribution in [2.45, 2.75) is 56.5 Å². The second-order valence-electron chi connectivity index (χ2n) is 4.83. The second kappa shape index (κ2) is 4.45. The van der Waals surface area contributed by atoms with E-state index >= 15 is 0 Å². The van der Waals surface area contributed by atoms with Crippen LogP contribution in [0.25, 0.3) is 0 Å². The Balaban J connectivity index is 1.90. The third-order valence-corrected chi connectivity index (χ3v) is 3.72. The molecule has 2 heteroatoms. The van der Waals surface area contributed by atoms with Crippen molar-refractivity contribution in [3.8, 4) is 0 Å². The molecule has 14 heavy (non-hydrogen) atoms. The van der Waals surface area contributed by atoms with Gasteiger partial charge in [-0.3, -0.25) is 0 Å². The van der Waals surface area contributed by atoms with Gasteiger partial charge in [0.25, 0.3) is 0 Å². The van der Waals surface area contributed by atoms with Gasteiger partial charge in [0.1, 0.15) is 0 Å². The quantitative estimate of drug-likeness (QED) is 0.674. The maximum Gasteiger partial charge on any atom is 0.0306 e. The summed E-state index contributed by atoms with van der Waals surface area (Å²) < 4.78 is 0. The molecule has 0 amide bonds. The molecule has 0 atom stereocenters. The van der Waals surface area contributed by atoms with E-state index in [1.165, 1.54) is 44.9 Å². The molecule has 0 bridgehead atoms. The van der Waals surface area contributed by atoms with Crippen molar-refractivity contribution >= 4 is 0 Å². The monoisotopic (exact) mass is 194 g/mol. The molecule has 0 saturated heterocycles. The van der Waals surface area contributed by atoms with Gasteiger partial charge >= 0.3 is 0 Å². The van der Waals surface area contributed by atoms with E-state index in [0.29, 0.717) is 6.04 Å². The zero-order valence-corrected chi connectivity index (χ0v) is 8.97. The van der Waals surface area contributed by atoms with E-state index < -0.39 is 0 Å². The first kappa shape index (κ1) is 10.2. The average Bonchev–Trinajstić information content (AvgIpc) is 2.72. The molecule has 0 radical (unpaired) electrons. The highest BCUT2D eigenvalue weighted by atomic mass is 15.0. The van der Waals surface area contributed by atoms with Gasteiger partial charge in [0.15, 0.2) is 0 Å². The standard InChI is InChI=1S/C12H22N2/c13-10-12(8-4-1-5-9-12)14-11-6-2-3-7-11/h2-3,11,14H,1,4-10,13H2. The first-order valence-electron chi connectivity index (χ1n) is 5.97. The number of hydrogen-bond acceptors (Lipinski definition) is 2. The minimum absolute atomic E-state index is 0.273. The Labute approximate surface area is 86.9 Å². The lowest BCUT2D eigenvalue weighted by Gasteiger charge is -2.39. The number of nitrogens with one attached hydrogen (secondary N) is 1. The fourth-order valence-corrected chi connectivity index (χ4v) is 2.80. The molecular weight excluding hydrogens is 172 g/mol. The summed E-state index contributed by atoms with van der Waals surface area (Å²) in [5, 5.41) is 3.79. The summed E-state index contributed by atoms with van der Waals surface area (Å²) in [6, 6.07) is 0.664.